The van der Waals surface area contributed by atoms with Gasteiger partial charge in [-0.25, -0.2) is 8.78 Å². The van der Waals surface area contributed by atoms with E-state index < -0.39 is 17.2 Å². The predicted molar refractivity (Wildman–Crippen MR) is 71.3 cm³/mol. The van der Waals surface area contributed by atoms with E-state index >= 15 is 0 Å². The molecule has 0 unspecified atom stereocenters. The van der Waals surface area contributed by atoms with Crippen LogP contribution in [0.15, 0.2) is 12.1 Å². The number of rotatable bonds is 3. The molecule has 104 valence electrons. The second kappa shape index (κ2) is 4.79. The molecule has 1 aromatic rings. The number of amides is 1. The molecule has 1 aliphatic rings. The zero-order valence-electron chi connectivity index (χ0n) is 11.4. The number of nitrogens with one attached hydrogen (secondary N) is 1. The van der Waals surface area contributed by atoms with Crippen LogP contribution < -0.4 is 10.2 Å². The molecule has 0 saturated heterocycles. The topological polar surface area (TPSA) is 32.3 Å². The van der Waals surface area contributed by atoms with Crippen LogP contribution in [-0.4, -0.2) is 18.0 Å². The number of halogens is 2. The fourth-order valence-corrected chi connectivity index (χ4v) is 2.23. The van der Waals surface area contributed by atoms with Gasteiger partial charge in [0, 0.05) is 18.7 Å². The molecule has 19 heavy (non-hydrogen) atoms. The summed E-state index contributed by atoms with van der Waals surface area (Å²) in [6.45, 7) is 6.00. The normalized spacial score (nSPS) is 17.1. The Labute approximate surface area is 111 Å². The molecule has 1 aliphatic heterocycles. The Morgan fingerprint density at radius 2 is 1.89 bits per heavy atom. The van der Waals surface area contributed by atoms with Crippen molar-refractivity contribution < 1.29 is 13.6 Å². The molecule has 0 saturated carbocycles. The number of hydrogen-bond acceptors (Lipinski definition) is 2. The van der Waals surface area contributed by atoms with Crippen LogP contribution in [0.5, 0.6) is 0 Å². The Bertz CT molecular complexity index is 514. The van der Waals surface area contributed by atoms with E-state index in [1.807, 2.05) is 6.92 Å². The van der Waals surface area contributed by atoms with E-state index in [2.05, 4.69) is 5.32 Å². The number of unbranched alkanes of at least 4 members (excludes halogenated alkanes) is 1. The van der Waals surface area contributed by atoms with Gasteiger partial charge in [-0.15, -0.1) is 0 Å². The van der Waals surface area contributed by atoms with Gasteiger partial charge in [-0.1, -0.05) is 13.3 Å². The Morgan fingerprint density at radius 3 is 2.53 bits per heavy atom. The van der Waals surface area contributed by atoms with Crippen molar-refractivity contribution in [2.45, 2.75) is 39.2 Å². The maximum Gasteiger partial charge on any atom is 0.252 e. The lowest BCUT2D eigenvalue weighted by atomic mass is 9.97. The number of carbonyl (C=O) groups excluding carboxylic acids is 1. The molecular formula is C14H18F2N2O. The Morgan fingerprint density at radius 1 is 1.26 bits per heavy atom. The SMILES string of the molecule is CCCCN1C(=O)C(C)(C)Nc2cc(F)c(F)cc21. The van der Waals surface area contributed by atoms with Crippen molar-refractivity contribution in [3.63, 3.8) is 0 Å². The minimum atomic E-state index is -0.936. The van der Waals surface area contributed by atoms with Crippen LogP contribution in [0.4, 0.5) is 20.2 Å². The maximum absolute atomic E-state index is 13.4. The first-order valence-electron chi connectivity index (χ1n) is 6.46. The lowest BCUT2D eigenvalue weighted by molar-refractivity contribution is -0.122. The van der Waals surface area contributed by atoms with E-state index in [1.54, 1.807) is 13.8 Å². The highest BCUT2D eigenvalue weighted by Gasteiger charge is 2.38. The monoisotopic (exact) mass is 268 g/mol. The first kappa shape index (κ1) is 13.8. The van der Waals surface area contributed by atoms with Gasteiger partial charge >= 0.3 is 0 Å². The van der Waals surface area contributed by atoms with Crippen molar-refractivity contribution in [1.29, 1.82) is 0 Å². The molecule has 0 bridgehead atoms. The molecule has 5 heteroatoms. The zero-order valence-corrected chi connectivity index (χ0v) is 11.4. The highest BCUT2D eigenvalue weighted by atomic mass is 19.2. The average molecular weight is 268 g/mol. The van der Waals surface area contributed by atoms with Crippen LogP contribution in [-0.2, 0) is 4.79 Å². The van der Waals surface area contributed by atoms with Crippen molar-refractivity contribution in [1.82, 2.24) is 0 Å². The first-order chi connectivity index (χ1) is 8.86. The van der Waals surface area contributed by atoms with Gasteiger partial charge in [0.05, 0.1) is 11.4 Å². The van der Waals surface area contributed by atoms with Crippen molar-refractivity contribution in [2.75, 3.05) is 16.8 Å². The minimum absolute atomic E-state index is 0.126. The van der Waals surface area contributed by atoms with Gasteiger partial charge in [-0.2, -0.15) is 0 Å². The average Bonchev–Trinajstić information content (AvgIpc) is 2.33. The number of benzene rings is 1. The number of anilines is 2. The van der Waals surface area contributed by atoms with Crippen molar-refractivity contribution in [3.05, 3.63) is 23.8 Å². The molecule has 1 heterocycles. The molecule has 0 aromatic heterocycles. The van der Waals surface area contributed by atoms with Gasteiger partial charge in [-0.05, 0) is 20.3 Å². The second-order valence-corrected chi connectivity index (χ2v) is 5.34. The third-order valence-electron chi connectivity index (χ3n) is 3.29. The summed E-state index contributed by atoms with van der Waals surface area (Å²) < 4.78 is 26.7. The Hall–Kier alpha value is -1.65. The van der Waals surface area contributed by atoms with Crippen LogP contribution in [0.1, 0.15) is 33.6 Å². The largest absolute Gasteiger partial charge is 0.370 e. The molecule has 0 spiro atoms. The smallest absolute Gasteiger partial charge is 0.252 e. The van der Waals surface area contributed by atoms with Crippen molar-refractivity contribution in [3.8, 4) is 0 Å². The third kappa shape index (κ3) is 2.41. The lowest BCUT2D eigenvalue weighted by Crippen LogP contribution is -2.54. The van der Waals surface area contributed by atoms with Gasteiger partial charge in [0.2, 0.25) is 0 Å². The third-order valence-corrected chi connectivity index (χ3v) is 3.29. The van der Waals surface area contributed by atoms with E-state index in [9.17, 15) is 13.6 Å². The summed E-state index contributed by atoms with van der Waals surface area (Å²) in [5.41, 5.74) is 0.0571. The quantitative estimate of drug-likeness (QED) is 0.912. The summed E-state index contributed by atoms with van der Waals surface area (Å²) in [7, 11) is 0. The van der Waals surface area contributed by atoms with Crippen LogP contribution in [0.3, 0.4) is 0 Å². The van der Waals surface area contributed by atoms with Gasteiger partial charge in [-0.3, -0.25) is 4.79 Å². The van der Waals surface area contributed by atoms with Gasteiger partial charge in [0.25, 0.3) is 5.91 Å². The second-order valence-electron chi connectivity index (χ2n) is 5.34. The van der Waals surface area contributed by atoms with Crippen molar-refractivity contribution in [2.24, 2.45) is 0 Å². The molecule has 0 atom stereocenters. The standard InChI is InChI=1S/C14H18F2N2O/c1-4-5-6-18-12-8-10(16)9(15)7-11(12)17-14(2,3)13(18)19/h7-8,17H,4-6H2,1-3H3. The molecule has 0 aliphatic carbocycles. The zero-order chi connectivity index (χ0) is 14.2. The highest BCUT2D eigenvalue weighted by Crippen LogP contribution is 2.36. The highest BCUT2D eigenvalue weighted by molar-refractivity contribution is 6.07. The van der Waals surface area contributed by atoms with Crippen LogP contribution in [0.2, 0.25) is 0 Å². The molecule has 1 aromatic carbocycles. The van der Waals surface area contributed by atoms with Crippen molar-refractivity contribution >= 4 is 17.3 Å². The first-order valence-corrected chi connectivity index (χ1v) is 6.46. The van der Waals surface area contributed by atoms with E-state index in [1.165, 1.54) is 4.90 Å². The number of fused-ring (bicyclic) bond motifs is 1. The summed E-state index contributed by atoms with van der Waals surface area (Å²) in [6.07, 6.45) is 1.75. The fourth-order valence-electron chi connectivity index (χ4n) is 2.23. The molecule has 3 nitrogen and oxygen atoms in total. The van der Waals surface area contributed by atoms with E-state index in [0.29, 0.717) is 17.9 Å². The Kier molecular flexibility index (Phi) is 3.47. The fraction of sp³-hybridized carbons (Fsp3) is 0.500. The molecule has 1 N–H and O–H groups in total. The van der Waals surface area contributed by atoms with Crippen LogP contribution >= 0.6 is 0 Å². The molecule has 0 fully saturated rings. The minimum Gasteiger partial charge on any atom is -0.370 e. The van der Waals surface area contributed by atoms with E-state index in [0.717, 1.165) is 25.0 Å². The molecule has 1 amide bonds. The number of carbonyl (C=O) groups is 1. The summed E-state index contributed by atoms with van der Waals surface area (Å²) in [5, 5.41) is 2.96. The number of hydrogen-bond donors (Lipinski definition) is 1. The van der Waals surface area contributed by atoms with Crippen LogP contribution in [0, 0.1) is 11.6 Å². The molecule has 0 radical (unpaired) electrons. The van der Waals surface area contributed by atoms with Gasteiger partial charge in [0.15, 0.2) is 11.6 Å². The Balaban J connectivity index is 2.48. The van der Waals surface area contributed by atoms with E-state index in [-0.39, 0.29) is 5.91 Å². The summed E-state index contributed by atoms with van der Waals surface area (Å²) >= 11 is 0. The lowest BCUT2D eigenvalue weighted by Gasteiger charge is -2.40. The summed E-state index contributed by atoms with van der Waals surface area (Å²) in [4.78, 5) is 13.9. The predicted octanol–water partition coefficient (Wildman–Crippen LogP) is 3.30. The van der Waals surface area contributed by atoms with Gasteiger partial charge in [0.1, 0.15) is 5.54 Å². The molecule has 2 rings (SSSR count). The number of nitrogens with zero attached hydrogens (tertiary/aromatic N) is 1. The maximum atomic E-state index is 13.4. The van der Waals surface area contributed by atoms with Crippen LogP contribution in [0.25, 0.3) is 0 Å². The van der Waals surface area contributed by atoms with Gasteiger partial charge < -0.3 is 10.2 Å². The van der Waals surface area contributed by atoms with E-state index in [4.69, 9.17) is 0 Å². The summed E-state index contributed by atoms with van der Waals surface area (Å²) in [6, 6.07) is 2.19. The molecular weight excluding hydrogens is 250 g/mol. The summed E-state index contributed by atoms with van der Waals surface area (Å²) in [5.74, 6) is -1.97.